The molecule has 3 aromatic rings. The molecule has 0 radical (unpaired) electrons. The number of carboxylic acid groups (broad SMARTS) is 1. The van der Waals surface area contributed by atoms with Gasteiger partial charge in [0.05, 0.1) is 10.6 Å². The molecule has 2 N–H and O–H groups in total. The van der Waals surface area contributed by atoms with Crippen molar-refractivity contribution in [3.8, 4) is 11.3 Å². The van der Waals surface area contributed by atoms with Gasteiger partial charge in [-0.2, -0.15) is 0 Å². The van der Waals surface area contributed by atoms with E-state index >= 15 is 0 Å². The van der Waals surface area contributed by atoms with E-state index in [4.69, 9.17) is 9.52 Å². The zero-order valence-corrected chi connectivity index (χ0v) is 16.0. The molecule has 0 amide bonds. The molecule has 0 aliphatic heterocycles. The standard InChI is InChI=1S/C18H14BrNO5S/c1-11-14(16-9-10-17(25-16)18(21)22)3-2-4-15(11)20-26(23,24)13-7-5-12(19)6-8-13/h2-10,20H,1H3,(H,21,22). The zero-order chi connectivity index (χ0) is 18.9. The third-order valence-corrected chi connectivity index (χ3v) is 5.69. The van der Waals surface area contributed by atoms with Gasteiger partial charge in [-0.1, -0.05) is 28.1 Å². The molecule has 0 fully saturated rings. The maximum absolute atomic E-state index is 12.6. The highest BCUT2D eigenvalue weighted by molar-refractivity contribution is 9.10. The van der Waals surface area contributed by atoms with E-state index in [9.17, 15) is 13.2 Å². The molecule has 2 aromatic carbocycles. The molecule has 1 heterocycles. The summed E-state index contributed by atoms with van der Waals surface area (Å²) in [5.41, 5.74) is 1.62. The lowest BCUT2D eigenvalue weighted by atomic mass is 10.1. The van der Waals surface area contributed by atoms with Crippen LogP contribution in [0.1, 0.15) is 16.1 Å². The number of furan rings is 1. The van der Waals surface area contributed by atoms with Crippen LogP contribution in [-0.4, -0.2) is 19.5 Å². The molecule has 1 aromatic heterocycles. The van der Waals surface area contributed by atoms with Gasteiger partial charge in [-0.3, -0.25) is 4.72 Å². The summed E-state index contributed by atoms with van der Waals surface area (Å²) < 4.78 is 33.8. The number of carbonyl (C=O) groups is 1. The summed E-state index contributed by atoms with van der Waals surface area (Å²) in [4.78, 5) is 11.1. The van der Waals surface area contributed by atoms with E-state index in [1.807, 2.05) is 0 Å². The van der Waals surface area contributed by atoms with E-state index < -0.39 is 16.0 Å². The van der Waals surface area contributed by atoms with Crippen molar-refractivity contribution in [2.45, 2.75) is 11.8 Å². The Balaban J connectivity index is 1.96. The lowest BCUT2D eigenvalue weighted by molar-refractivity contribution is 0.0663. The Bertz CT molecular complexity index is 1070. The van der Waals surface area contributed by atoms with Crippen molar-refractivity contribution in [1.29, 1.82) is 0 Å². The Morgan fingerprint density at radius 1 is 1.08 bits per heavy atom. The fourth-order valence-electron chi connectivity index (χ4n) is 2.43. The first-order chi connectivity index (χ1) is 12.3. The van der Waals surface area contributed by atoms with E-state index in [1.165, 1.54) is 18.2 Å². The lowest BCUT2D eigenvalue weighted by Crippen LogP contribution is -2.13. The molecule has 3 rings (SSSR count). The van der Waals surface area contributed by atoms with Gasteiger partial charge in [0.25, 0.3) is 10.0 Å². The molecule has 8 heteroatoms. The van der Waals surface area contributed by atoms with Crippen LogP contribution in [-0.2, 0) is 10.0 Å². The average molecular weight is 436 g/mol. The third-order valence-electron chi connectivity index (χ3n) is 3.78. The number of halogens is 1. The molecule has 0 bridgehead atoms. The van der Waals surface area contributed by atoms with E-state index in [0.717, 1.165) is 4.47 Å². The monoisotopic (exact) mass is 435 g/mol. The van der Waals surface area contributed by atoms with Gasteiger partial charge < -0.3 is 9.52 Å². The van der Waals surface area contributed by atoms with E-state index in [2.05, 4.69) is 20.7 Å². The highest BCUT2D eigenvalue weighted by Crippen LogP contribution is 2.31. The molecule has 0 spiro atoms. The van der Waals surface area contributed by atoms with Crippen LogP contribution < -0.4 is 4.72 Å². The molecule has 6 nitrogen and oxygen atoms in total. The largest absolute Gasteiger partial charge is 0.475 e. The molecular formula is C18H14BrNO5S. The number of benzene rings is 2. The van der Waals surface area contributed by atoms with Crippen LogP contribution in [0.4, 0.5) is 5.69 Å². The first-order valence-electron chi connectivity index (χ1n) is 7.49. The molecule has 26 heavy (non-hydrogen) atoms. The fraction of sp³-hybridized carbons (Fsp3) is 0.0556. The van der Waals surface area contributed by atoms with Crippen molar-refractivity contribution < 1.29 is 22.7 Å². The number of hydrogen-bond donors (Lipinski definition) is 2. The van der Waals surface area contributed by atoms with Crippen LogP contribution in [0.3, 0.4) is 0 Å². The average Bonchev–Trinajstić information content (AvgIpc) is 3.07. The number of carboxylic acids is 1. The zero-order valence-electron chi connectivity index (χ0n) is 13.6. The molecule has 0 saturated carbocycles. The van der Waals surface area contributed by atoms with Gasteiger partial charge in [0.2, 0.25) is 5.76 Å². The maximum atomic E-state index is 12.6. The van der Waals surface area contributed by atoms with Crippen molar-refractivity contribution in [2.24, 2.45) is 0 Å². The first kappa shape index (κ1) is 18.2. The second-order valence-electron chi connectivity index (χ2n) is 5.51. The van der Waals surface area contributed by atoms with Crippen LogP contribution >= 0.6 is 15.9 Å². The van der Waals surface area contributed by atoms with Gasteiger partial charge in [0.1, 0.15) is 5.76 Å². The Kier molecular flexibility index (Phi) is 4.88. The first-order valence-corrected chi connectivity index (χ1v) is 9.77. The molecule has 0 aliphatic carbocycles. The van der Waals surface area contributed by atoms with Crippen molar-refractivity contribution in [3.63, 3.8) is 0 Å². The van der Waals surface area contributed by atoms with Crippen LogP contribution in [0.2, 0.25) is 0 Å². The Morgan fingerprint density at radius 3 is 2.38 bits per heavy atom. The third kappa shape index (κ3) is 3.66. The molecule has 0 aliphatic rings. The molecule has 0 atom stereocenters. The molecular weight excluding hydrogens is 422 g/mol. The second-order valence-corrected chi connectivity index (χ2v) is 8.10. The van der Waals surface area contributed by atoms with Gasteiger partial charge in [0.15, 0.2) is 0 Å². The summed E-state index contributed by atoms with van der Waals surface area (Å²) in [5.74, 6) is -0.995. The van der Waals surface area contributed by atoms with Crippen LogP contribution in [0, 0.1) is 6.92 Å². The van der Waals surface area contributed by atoms with E-state index in [-0.39, 0.29) is 10.7 Å². The summed E-state index contributed by atoms with van der Waals surface area (Å²) in [7, 11) is -3.76. The van der Waals surface area contributed by atoms with Gasteiger partial charge >= 0.3 is 5.97 Å². The minimum absolute atomic E-state index is 0.136. The smallest absolute Gasteiger partial charge is 0.371 e. The van der Waals surface area contributed by atoms with Gasteiger partial charge in [-0.25, -0.2) is 13.2 Å². The van der Waals surface area contributed by atoms with Gasteiger partial charge in [-0.15, -0.1) is 0 Å². The van der Waals surface area contributed by atoms with Crippen molar-refractivity contribution >= 4 is 37.6 Å². The van der Waals surface area contributed by atoms with E-state index in [0.29, 0.717) is 22.6 Å². The van der Waals surface area contributed by atoms with Gasteiger partial charge in [0, 0.05) is 10.0 Å². The highest BCUT2D eigenvalue weighted by atomic mass is 79.9. The van der Waals surface area contributed by atoms with Crippen molar-refractivity contribution in [3.05, 3.63) is 70.4 Å². The Labute approximate surface area is 158 Å². The quantitative estimate of drug-likeness (QED) is 0.613. The predicted molar refractivity (Wildman–Crippen MR) is 101 cm³/mol. The normalized spacial score (nSPS) is 11.3. The number of anilines is 1. The minimum atomic E-state index is -3.76. The number of sulfonamides is 1. The minimum Gasteiger partial charge on any atom is -0.475 e. The van der Waals surface area contributed by atoms with Crippen LogP contribution in [0.25, 0.3) is 11.3 Å². The maximum Gasteiger partial charge on any atom is 0.371 e. The van der Waals surface area contributed by atoms with Crippen LogP contribution in [0.15, 0.2) is 68.4 Å². The number of nitrogens with one attached hydrogen (secondary N) is 1. The Hall–Kier alpha value is -2.58. The van der Waals surface area contributed by atoms with E-state index in [1.54, 1.807) is 43.3 Å². The van der Waals surface area contributed by atoms with Crippen molar-refractivity contribution in [2.75, 3.05) is 4.72 Å². The lowest BCUT2D eigenvalue weighted by Gasteiger charge is -2.13. The topological polar surface area (TPSA) is 96.6 Å². The molecule has 0 unspecified atom stereocenters. The SMILES string of the molecule is Cc1c(NS(=O)(=O)c2ccc(Br)cc2)cccc1-c1ccc(C(=O)O)o1. The van der Waals surface area contributed by atoms with Gasteiger partial charge in [-0.05, 0) is 55.0 Å². The predicted octanol–water partition coefficient (Wildman–Crippen LogP) is 4.52. The Morgan fingerprint density at radius 2 is 1.77 bits per heavy atom. The number of aromatic carboxylic acids is 1. The number of hydrogen-bond acceptors (Lipinski definition) is 4. The molecule has 0 saturated heterocycles. The molecule has 134 valence electrons. The highest BCUT2D eigenvalue weighted by Gasteiger charge is 2.18. The number of rotatable bonds is 5. The fourth-order valence-corrected chi connectivity index (χ4v) is 3.82. The van der Waals surface area contributed by atoms with Crippen LogP contribution in [0.5, 0.6) is 0 Å². The summed E-state index contributed by atoms with van der Waals surface area (Å²) in [6.07, 6.45) is 0. The summed E-state index contributed by atoms with van der Waals surface area (Å²) in [6.45, 7) is 1.73. The summed E-state index contributed by atoms with van der Waals surface area (Å²) >= 11 is 3.27. The second kappa shape index (κ2) is 6.97. The summed E-state index contributed by atoms with van der Waals surface area (Å²) in [6, 6.07) is 14.2. The van der Waals surface area contributed by atoms with Crippen molar-refractivity contribution in [1.82, 2.24) is 0 Å². The summed E-state index contributed by atoms with van der Waals surface area (Å²) in [5, 5.41) is 8.98.